The highest BCUT2D eigenvalue weighted by molar-refractivity contribution is 5.71. The zero-order valence-electron chi connectivity index (χ0n) is 10.2. The Balaban J connectivity index is 2.48. The summed E-state index contributed by atoms with van der Waals surface area (Å²) in [6.07, 6.45) is 9.07. The minimum atomic E-state index is 0.632. The number of fused-ring (bicyclic) bond motifs is 1. The van der Waals surface area contributed by atoms with Crippen molar-refractivity contribution in [2.24, 2.45) is 0 Å². The van der Waals surface area contributed by atoms with Gasteiger partial charge in [-0.1, -0.05) is 25.7 Å². The molecule has 1 aromatic rings. The molecule has 2 rings (SSSR count). The molecule has 1 aromatic carbocycles. The molecule has 0 amide bonds. The van der Waals surface area contributed by atoms with Crippen molar-refractivity contribution in [3.8, 4) is 11.5 Å². The standard InChI is InChI=1S/C15H16O2/c1-4-5-6-12-9-13-8-7-11(2)17-15(13)14(10-12)16-3/h5-10H,2,4H2,1,3H3/b6-5-. The topological polar surface area (TPSA) is 18.5 Å². The van der Waals surface area contributed by atoms with E-state index in [1.54, 1.807) is 7.11 Å². The van der Waals surface area contributed by atoms with Crippen LogP contribution in [0.25, 0.3) is 12.2 Å². The van der Waals surface area contributed by atoms with E-state index in [9.17, 15) is 0 Å². The lowest BCUT2D eigenvalue weighted by Gasteiger charge is -2.17. The van der Waals surface area contributed by atoms with Gasteiger partial charge >= 0.3 is 0 Å². The molecular weight excluding hydrogens is 212 g/mol. The quantitative estimate of drug-likeness (QED) is 0.777. The second kappa shape index (κ2) is 4.91. The Kier molecular flexibility index (Phi) is 3.33. The lowest BCUT2D eigenvalue weighted by Crippen LogP contribution is -2.00. The van der Waals surface area contributed by atoms with Gasteiger partial charge in [-0.05, 0) is 36.3 Å². The van der Waals surface area contributed by atoms with E-state index in [0.717, 1.165) is 29.0 Å². The maximum absolute atomic E-state index is 5.58. The maximum Gasteiger partial charge on any atom is 0.176 e. The van der Waals surface area contributed by atoms with Crippen molar-refractivity contribution in [2.75, 3.05) is 7.11 Å². The first-order valence-corrected chi connectivity index (χ1v) is 5.68. The summed E-state index contributed by atoms with van der Waals surface area (Å²) < 4.78 is 10.9. The lowest BCUT2D eigenvalue weighted by atomic mass is 10.1. The Hall–Kier alpha value is -1.96. The van der Waals surface area contributed by atoms with Gasteiger partial charge in [0, 0.05) is 5.56 Å². The Bertz CT molecular complexity index is 496. The van der Waals surface area contributed by atoms with Crippen LogP contribution in [0.1, 0.15) is 24.5 Å². The molecule has 0 bridgehead atoms. The van der Waals surface area contributed by atoms with Crippen molar-refractivity contribution in [2.45, 2.75) is 13.3 Å². The van der Waals surface area contributed by atoms with Gasteiger partial charge in [0.05, 0.1) is 7.11 Å². The van der Waals surface area contributed by atoms with Crippen LogP contribution in [0.3, 0.4) is 0 Å². The SMILES string of the molecule is C=C1C=Cc2cc(/C=C\CC)cc(OC)c2O1. The molecule has 0 saturated heterocycles. The van der Waals surface area contributed by atoms with Crippen LogP contribution in [0.4, 0.5) is 0 Å². The van der Waals surface area contributed by atoms with Crippen molar-refractivity contribution in [3.63, 3.8) is 0 Å². The second-order valence-corrected chi connectivity index (χ2v) is 3.85. The molecule has 0 saturated carbocycles. The molecule has 2 heteroatoms. The predicted octanol–water partition coefficient (Wildman–Crippen LogP) is 4.04. The molecule has 0 unspecified atom stereocenters. The van der Waals surface area contributed by atoms with Crippen LogP contribution in [0, 0.1) is 0 Å². The molecule has 0 aliphatic carbocycles. The molecule has 88 valence electrons. The summed E-state index contributed by atoms with van der Waals surface area (Å²) in [6, 6.07) is 4.05. The normalized spacial score (nSPS) is 13.6. The number of methoxy groups -OCH3 is 1. The number of rotatable bonds is 3. The van der Waals surface area contributed by atoms with Crippen LogP contribution in [0.15, 0.2) is 36.6 Å². The molecule has 1 aliphatic heterocycles. The van der Waals surface area contributed by atoms with Gasteiger partial charge in [-0.2, -0.15) is 0 Å². The van der Waals surface area contributed by atoms with Crippen molar-refractivity contribution in [3.05, 3.63) is 47.7 Å². The minimum Gasteiger partial charge on any atom is -0.493 e. The third kappa shape index (κ3) is 2.41. The summed E-state index contributed by atoms with van der Waals surface area (Å²) in [4.78, 5) is 0. The van der Waals surface area contributed by atoms with E-state index >= 15 is 0 Å². The molecular formula is C15H16O2. The minimum absolute atomic E-state index is 0.632. The van der Waals surface area contributed by atoms with E-state index in [2.05, 4.69) is 31.7 Å². The van der Waals surface area contributed by atoms with E-state index in [4.69, 9.17) is 9.47 Å². The van der Waals surface area contributed by atoms with Gasteiger partial charge in [-0.15, -0.1) is 0 Å². The Morgan fingerprint density at radius 3 is 2.88 bits per heavy atom. The van der Waals surface area contributed by atoms with E-state index in [-0.39, 0.29) is 0 Å². The third-order valence-corrected chi connectivity index (χ3v) is 2.55. The average Bonchev–Trinajstić information content (AvgIpc) is 2.35. The van der Waals surface area contributed by atoms with Crippen LogP contribution >= 0.6 is 0 Å². The van der Waals surface area contributed by atoms with E-state index in [0.29, 0.717) is 5.76 Å². The lowest BCUT2D eigenvalue weighted by molar-refractivity contribution is 0.366. The fourth-order valence-electron chi connectivity index (χ4n) is 1.73. The van der Waals surface area contributed by atoms with Gasteiger partial charge < -0.3 is 9.47 Å². The predicted molar refractivity (Wildman–Crippen MR) is 71.1 cm³/mol. The summed E-state index contributed by atoms with van der Waals surface area (Å²) >= 11 is 0. The van der Waals surface area contributed by atoms with E-state index < -0.39 is 0 Å². The molecule has 1 aliphatic rings. The summed E-state index contributed by atoms with van der Waals surface area (Å²) in [5.41, 5.74) is 2.13. The van der Waals surface area contributed by atoms with Crippen LogP contribution < -0.4 is 9.47 Å². The van der Waals surface area contributed by atoms with Crippen molar-refractivity contribution in [1.29, 1.82) is 0 Å². The summed E-state index contributed by atoms with van der Waals surface area (Å²) in [5, 5.41) is 0. The second-order valence-electron chi connectivity index (χ2n) is 3.85. The molecule has 0 radical (unpaired) electrons. The van der Waals surface area contributed by atoms with E-state index in [1.807, 2.05) is 18.2 Å². The fourth-order valence-corrected chi connectivity index (χ4v) is 1.73. The smallest absolute Gasteiger partial charge is 0.176 e. The fraction of sp³-hybridized carbons (Fsp3) is 0.200. The summed E-state index contributed by atoms with van der Waals surface area (Å²) in [6.45, 7) is 5.89. The Morgan fingerprint density at radius 1 is 1.35 bits per heavy atom. The zero-order chi connectivity index (χ0) is 12.3. The summed E-state index contributed by atoms with van der Waals surface area (Å²) in [5.74, 6) is 2.12. The van der Waals surface area contributed by atoms with Crippen molar-refractivity contribution in [1.82, 2.24) is 0 Å². The number of hydrogen-bond acceptors (Lipinski definition) is 2. The van der Waals surface area contributed by atoms with Gasteiger partial charge in [-0.3, -0.25) is 0 Å². The van der Waals surface area contributed by atoms with Gasteiger partial charge in [0.1, 0.15) is 5.76 Å². The first kappa shape index (κ1) is 11.5. The highest BCUT2D eigenvalue weighted by Crippen LogP contribution is 2.37. The molecule has 1 heterocycles. The van der Waals surface area contributed by atoms with Crippen molar-refractivity contribution >= 4 is 12.2 Å². The third-order valence-electron chi connectivity index (χ3n) is 2.55. The number of hydrogen-bond donors (Lipinski definition) is 0. The zero-order valence-corrected chi connectivity index (χ0v) is 10.2. The van der Waals surface area contributed by atoms with Crippen molar-refractivity contribution < 1.29 is 9.47 Å². The number of ether oxygens (including phenoxy) is 2. The van der Waals surface area contributed by atoms with Crippen LogP contribution in [-0.4, -0.2) is 7.11 Å². The molecule has 2 nitrogen and oxygen atoms in total. The van der Waals surface area contributed by atoms with Gasteiger partial charge in [0.2, 0.25) is 0 Å². The largest absolute Gasteiger partial charge is 0.493 e. The van der Waals surface area contributed by atoms with Crippen LogP contribution in [0.2, 0.25) is 0 Å². The number of allylic oxidation sites excluding steroid dienone is 2. The van der Waals surface area contributed by atoms with Gasteiger partial charge in [0.25, 0.3) is 0 Å². The highest BCUT2D eigenvalue weighted by atomic mass is 16.5. The molecule has 0 N–H and O–H groups in total. The molecule has 17 heavy (non-hydrogen) atoms. The molecule has 0 atom stereocenters. The van der Waals surface area contributed by atoms with E-state index in [1.165, 1.54) is 0 Å². The first-order chi connectivity index (χ1) is 8.24. The Labute approximate surface area is 102 Å². The first-order valence-electron chi connectivity index (χ1n) is 5.68. The van der Waals surface area contributed by atoms with Crippen LogP contribution in [-0.2, 0) is 0 Å². The number of benzene rings is 1. The van der Waals surface area contributed by atoms with Crippen LogP contribution in [0.5, 0.6) is 11.5 Å². The highest BCUT2D eigenvalue weighted by Gasteiger charge is 2.14. The molecule has 0 aromatic heterocycles. The molecule has 0 fully saturated rings. The monoisotopic (exact) mass is 228 g/mol. The van der Waals surface area contributed by atoms with Gasteiger partial charge in [-0.25, -0.2) is 0 Å². The van der Waals surface area contributed by atoms with Gasteiger partial charge in [0.15, 0.2) is 11.5 Å². The Morgan fingerprint density at radius 2 is 2.18 bits per heavy atom. The maximum atomic E-state index is 5.58. The summed E-state index contributed by atoms with van der Waals surface area (Å²) in [7, 11) is 1.65. The average molecular weight is 228 g/mol. The molecule has 0 spiro atoms.